The first-order valence-corrected chi connectivity index (χ1v) is 9.24. The topological polar surface area (TPSA) is 38.3 Å². The van der Waals surface area contributed by atoms with Crippen molar-refractivity contribution in [3.8, 4) is 11.8 Å². The Labute approximate surface area is 161 Å². The summed E-state index contributed by atoms with van der Waals surface area (Å²) in [5, 5.41) is 2.95. The summed E-state index contributed by atoms with van der Waals surface area (Å²) in [5.74, 6) is 5.44. The molecular formula is C23H26FNO2. The van der Waals surface area contributed by atoms with Crippen molar-refractivity contribution in [2.75, 3.05) is 19.8 Å². The second-order valence-electron chi connectivity index (χ2n) is 6.45. The molecule has 1 aromatic rings. The van der Waals surface area contributed by atoms with Crippen LogP contribution in [0.2, 0.25) is 0 Å². The molecule has 1 amide bonds. The molecule has 1 aliphatic heterocycles. The molecule has 142 valence electrons. The summed E-state index contributed by atoms with van der Waals surface area (Å²) in [5.41, 5.74) is 1.58. The normalized spacial score (nSPS) is 17.3. The number of hydrogen-bond acceptors (Lipinski definition) is 2. The highest BCUT2D eigenvalue weighted by Gasteiger charge is 2.15. The second-order valence-corrected chi connectivity index (χ2v) is 6.45. The van der Waals surface area contributed by atoms with E-state index in [2.05, 4.69) is 23.7 Å². The van der Waals surface area contributed by atoms with Gasteiger partial charge in [-0.25, -0.2) is 4.39 Å². The number of carbonyl (C=O) groups is 1. The van der Waals surface area contributed by atoms with Crippen LogP contribution in [0.3, 0.4) is 0 Å². The molecule has 2 rings (SSSR count). The monoisotopic (exact) mass is 367 g/mol. The van der Waals surface area contributed by atoms with Crippen LogP contribution in [0.1, 0.15) is 42.1 Å². The van der Waals surface area contributed by atoms with Gasteiger partial charge < -0.3 is 10.1 Å². The first-order valence-electron chi connectivity index (χ1n) is 9.24. The van der Waals surface area contributed by atoms with Gasteiger partial charge in [0.15, 0.2) is 0 Å². The summed E-state index contributed by atoms with van der Waals surface area (Å²) in [4.78, 5) is 12.2. The average molecular weight is 367 g/mol. The van der Waals surface area contributed by atoms with Crippen LogP contribution in [0.4, 0.5) is 4.39 Å². The zero-order chi connectivity index (χ0) is 19.5. The summed E-state index contributed by atoms with van der Waals surface area (Å²) >= 11 is 0. The molecule has 0 aliphatic carbocycles. The van der Waals surface area contributed by atoms with Crippen LogP contribution in [0, 0.1) is 17.8 Å². The van der Waals surface area contributed by atoms with E-state index < -0.39 is 5.83 Å². The summed E-state index contributed by atoms with van der Waals surface area (Å²) in [6, 6.07) is 6.97. The third-order valence-corrected chi connectivity index (χ3v) is 4.28. The van der Waals surface area contributed by atoms with E-state index in [4.69, 9.17) is 4.74 Å². The van der Waals surface area contributed by atoms with Gasteiger partial charge in [-0.1, -0.05) is 36.6 Å². The summed E-state index contributed by atoms with van der Waals surface area (Å²) in [7, 11) is 0. The van der Waals surface area contributed by atoms with Crippen LogP contribution in [0.5, 0.6) is 0 Å². The minimum absolute atomic E-state index is 0.107. The van der Waals surface area contributed by atoms with Gasteiger partial charge in [-0.2, -0.15) is 0 Å². The molecular weight excluding hydrogens is 341 g/mol. The van der Waals surface area contributed by atoms with Crippen LogP contribution >= 0.6 is 0 Å². The number of amides is 1. The molecule has 1 saturated heterocycles. The van der Waals surface area contributed by atoms with Gasteiger partial charge in [0, 0.05) is 24.3 Å². The molecule has 1 N–H and O–H groups in total. The van der Waals surface area contributed by atoms with Crippen LogP contribution < -0.4 is 5.32 Å². The maximum absolute atomic E-state index is 13.5. The smallest absolute Gasteiger partial charge is 0.251 e. The van der Waals surface area contributed by atoms with E-state index in [1.54, 1.807) is 30.3 Å². The Hall–Kier alpha value is -2.64. The van der Waals surface area contributed by atoms with Crippen molar-refractivity contribution >= 4 is 5.91 Å². The standard InChI is InChI=1S/C23H26FNO2/c1-3-4-5-8-21(18(2)24)12-9-19-10-13-22(14-11-19)23(26)25-16-20-7-6-15-27-17-20/h3-4,8,10-11,13-14,20H,2,5-7,15-17H2,1H3,(H,25,26)/b4-3-,21-8-/t20-/m0/s1. The van der Waals surface area contributed by atoms with Gasteiger partial charge in [0.05, 0.1) is 12.2 Å². The average Bonchev–Trinajstić information content (AvgIpc) is 2.69. The molecule has 4 heteroatoms. The Morgan fingerprint density at radius 3 is 2.81 bits per heavy atom. The van der Waals surface area contributed by atoms with Gasteiger partial charge in [-0.05, 0) is 56.4 Å². The Morgan fingerprint density at radius 1 is 1.41 bits per heavy atom. The van der Waals surface area contributed by atoms with Crippen LogP contribution in [0.15, 0.2) is 60.5 Å². The van der Waals surface area contributed by atoms with E-state index in [1.165, 1.54) is 0 Å². The number of ether oxygens (including phenoxy) is 1. The summed E-state index contributed by atoms with van der Waals surface area (Å²) in [6.07, 6.45) is 8.24. The van der Waals surface area contributed by atoms with E-state index in [0.29, 0.717) is 36.6 Å². The van der Waals surface area contributed by atoms with Crippen molar-refractivity contribution in [2.45, 2.75) is 26.2 Å². The zero-order valence-electron chi connectivity index (χ0n) is 15.8. The lowest BCUT2D eigenvalue weighted by molar-refractivity contribution is 0.0536. The Morgan fingerprint density at radius 2 is 2.19 bits per heavy atom. The lowest BCUT2D eigenvalue weighted by Gasteiger charge is -2.22. The van der Waals surface area contributed by atoms with Crippen molar-refractivity contribution in [1.29, 1.82) is 0 Å². The van der Waals surface area contributed by atoms with Gasteiger partial charge in [-0.15, -0.1) is 0 Å². The highest BCUT2D eigenvalue weighted by atomic mass is 19.1. The molecule has 0 spiro atoms. The molecule has 0 saturated carbocycles. The molecule has 0 bridgehead atoms. The summed E-state index contributed by atoms with van der Waals surface area (Å²) in [6.45, 7) is 7.37. The van der Waals surface area contributed by atoms with Crippen molar-refractivity contribution in [3.05, 3.63) is 71.6 Å². The first-order chi connectivity index (χ1) is 13.1. The van der Waals surface area contributed by atoms with E-state index in [9.17, 15) is 9.18 Å². The number of allylic oxidation sites excluding steroid dienone is 5. The van der Waals surface area contributed by atoms with Crippen LogP contribution in [0.25, 0.3) is 0 Å². The van der Waals surface area contributed by atoms with Gasteiger partial charge in [0.1, 0.15) is 5.83 Å². The molecule has 1 heterocycles. The molecule has 1 atom stereocenters. The highest BCUT2D eigenvalue weighted by Crippen LogP contribution is 2.13. The molecule has 1 aromatic carbocycles. The van der Waals surface area contributed by atoms with Gasteiger partial charge >= 0.3 is 0 Å². The number of halogens is 1. The molecule has 27 heavy (non-hydrogen) atoms. The minimum atomic E-state index is -0.547. The third kappa shape index (κ3) is 7.24. The molecule has 1 aliphatic rings. The fourth-order valence-corrected chi connectivity index (χ4v) is 2.70. The highest BCUT2D eigenvalue weighted by molar-refractivity contribution is 5.94. The SMILES string of the molecule is C=C(F)/C(C#Cc1ccc(C(=O)NC[C@@H]2CCCOC2)cc1)=C\C/C=C\C. The van der Waals surface area contributed by atoms with Gasteiger partial charge in [-0.3, -0.25) is 4.79 Å². The third-order valence-electron chi connectivity index (χ3n) is 4.28. The van der Waals surface area contributed by atoms with Crippen molar-refractivity contribution in [2.24, 2.45) is 5.92 Å². The predicted octanol–water partition coefficient (Wildman–Crippen LogP) is 4.57. The number of rotatable bonds is 6. The molecule has 0 radical (unpaired) electrons. The van der Waals surface area contributed by atoms with Gasteiger partial charge in [0.2, 0.25) is 0 Å². The molecule has 1 fully saturated rings. The fraction of sp³-hybridized carbons (Fsp3) is 0.348. The quantitative estimate of drug-likeness (QED) is 0.454. The second kappa shape index (κ2) is 11.2. The number of hydrogen-bond donors (Lipinski definition) is 1. The molecule has 3 nitrogen and oxygen atoms in total. The Bertz CT molecular complexity index is 760. The Kier molecular flexibility index (Phi) is 8.54. The van der Waals surface area contributed by atoms with E-state index >= 15 is 0 Å². The number of nitrogens with one attached hydrogen (secondary N) is 1. The van der Waals surface area contributed by atoms with E-state index in [-0.39, 0.29) is 11.5 Å². The maximum atomic E-state index is 13.5. The van der Waals surface area contributed by atoms with Crippen LogP contribution in [-0.4, -0.2) is 25.7 Å². The van der Waals surface area contributed by atoms with E-state index in [1.807, 2.05) is 19.1 Å². The zero-order valence-corrected chi connectivity index (χ0v) is 15.8. The van der Waals surface area contributed by atoms with Gasteiger partial charge in [0.25, 0.3) is 5.91 Å². The lowest BCUT2D eigenvalue weighted by atomic mass is 10.0. The maximum Gasteiger partial charge on any atom is 0.251 e. The largest absolute Gasteiger partial charge is 0.381 e. The van der Waals surface area contributed by atoms with Crippen LogP contribution in [-0.2, 0) is 4.74 Å². The van der Waals surface area contributed by atoms with E-state index in [0.717, 1.165) is 19.4 Å². The molecule has 0 unspecified atom stereocenters. The lowest BCUT2D eigenvalue weighted by Crippen LogP contribution is -2.33. The predicted molar refractivity (Wildman–Crippen MR) is 107 cm³/mol. The number of carbonyl (C=O) groups excluding carboxylic acids is 1. The number of benzene rings is 1. The Balaban J connectivity index is 1.94. The van der Waals surface area contributed by atoms with Crippen molar-refractivity contribution in [1.82, 2.24) is 5.32 Å². The summed E-state index contributed by atoms with van der Waals surface area (Å²) < 4.78 is 18.9. The minimum Gasteiger partial charge on any atom is -0.381 e. The molecule has 0 aromatic heterocycles. The van der Waals surface area contributed by atoms with Crippen molar-refractivity contribution < 1.29 is 13.9 Å². The van der Waals surface area contributed by atoms with Crippen molar-refractivity contribution in [3.63, 3.8) is 0 Å². The first kappa shape index (κ1) is 20.7. The fourth-order valence-electron chi connectivity index (χ4n) is 2.70.